The van der Waals surface area contributed by atoms with Crippen molar-refractivity contribution in [1.82, 2.24) is 20.1 Å². The number of ketones is 1. The number of rotatable bonds is 7. The zero-order valence-electron chi connectivity index (χ0n) is 20.5. The number of hydrogen-bond donors (Lipinski definition) is 4. The summed E-state index contributed by atoms with van der Waals surface area (Å²) in [6.45, 7) is 2.15. The fourth-order valence-electron chi connectivity index (χ4n) is 4.48. The van der Waals surface area contributed by atoms with Crippen LogP contribution < -0.4 is 15.7 Å². The Hall–Kier alpha value is -4.46. The molecule has 4 amide bonds. The number of amides is 4. The molecule has 1 aromatic carbocycles. The molecule has 2 aliphatic rings. The van der Waals surface area contributed by atoms with E-state index >= 15 is 0 Å². The zero-order chi connectivity index (χ0) is 27.6. The molecule has 0 spiro atoms. The van der Waals surface area contributed by atoms with E-state index in [1.54, 1.807) is 19.1 Å². The molecule has 2 atom stereocenters. The number of para-hydroxylation sites is 1. The number of anilines is 1. The predicted octanol–water partition coefficient (Wildman–Crippen LogP) is 0.248. The lowest BCUT2D eigenvalue weighted by Crippen LogP contribution is -2.58. The average molecular weight is 523 g/mol. The van der Waals surface area contributed by atoms with Gasteiger partial charge >= 0.3 is 30.9 Å². The first kappa shape index (κ1) is 26.6. The third-order valence-corrected chi connectivity index (χ3v) is 6.54. The number of fused-ring (bicyclic) bond motifs is 1. The second-order valence-corrected chi connectivity index (χ2v) is 8.98. The van der Waals surface area contributed by atoms with E-state index in [1.807, 2.05) is 0 Å². The number of imide groups is 1. The molecule has 2 aliphatic heterocycles. The molecular formula is C24H26BN5O8. The van der Waals surface area contributed by atoms with Gasteiger partial charge in [-0.15, -0.1) is 0 Å². The summed E-state index contributed by atoms with van der Waals surface area (Å²) in [4.78, 5) is 68.9. The maximum Gasteiger partial charge on any atom is 0.526 e. The molecule has 1 saturated heterocycles. The smallest absolute Gasteiger partial charge is 0.526 e. The summed E-state index contributed by atoms with van der Waals surface area (Å²) in [5.74, 6) is -4.31. The number of nitrogens with zero attached hydrogens (tertiary/aromatic N) is 3. The van der Waals surface area contributed by atoms with Gasteiger partial charge in [0, 0.05) is 31.9 Å². The molecule has 3 heterocycles. The van der Waals surface area contributed by atoms with Gasteiger partial charge in [0.05, 0.1) is 23.1 Å². The van der Waals surface area contributed by atoms with Crippen LogP contribution in [0.15, 0.2) is 36.5 Å². The standard InChI is InChI=1S/C24H26BN5O8/c1-2-29-8-9-30(22(33)21(29)32)24(36)28-19(17-7-6-15(26)12-27-17)18(31)11-14-10-13-4-3-5-16(23(34)35)20(13)38-25(14)37/h3-7,12,14,19,37H,2,8-11,26H2,1H3,(H,28,36)(H,34,35)/t14-,19?/m1/s1. The lowest BCUT2D eigenvalue weighted by atomic mass is 9.64. The summed E-state index contributed by atoms with van der Waals surface area (Å²) < 4.78 is 5.47. The highest BCUT2D eigenvalue weighted by Crippen LogP contribution is 2.37. The normalized spacial score (nSPS) is 17.9. The molecule has 0 radical (unpaired) electrons. The number of urea groups is 1. The van der Waals surface area contributed by atoms with Gasteiger partial charge in [-0.1, -0.05) is 12.1 Å². The largest absolute Gasteiger partial charge is 0.535 e. The van der Waals surface area contributed by atoms with Gasteiger partial charge in [-0.05, 0) is 37.1 Å². The van der Waals surface area contributed by atoms with Crippen molar-refractivity contribution in [3.63, 3.8) is 0 Å². The molecule has 198 valence electrons. The number of benzene rings is 1. The number of likely N-dealkylation sites (N-methyl/N-ethyl adjacent to an activating group) is 1. The zero-order valence-corrected chi connectivity index (χ0v) is 20.5. The van der Waals surface area contributed by atoms with Crippen LogP contribution in [0, 0.1) is 0 Å². The van der Waals surface area contributed by atoms with Crippen molar-refractivity contribution in [2.45, 2.75) is 31.6 Å². The van der Waals surface area contributed by atoms with E-state index in [4.69, 9.17) is 10.4 Å². The van der Waals surface area contributed by atoms with Crippen LogP contribution in [0.3, 0.4) is 0 Å². The van der Waals surface area contributed by atoms with Gasteiger partial charge in [-0.3, -0.25) is 24.3 Å². The Morgan fingerprint density at radius 2 is 1.97 bits per heavy atom. The van der Waals surface area contributed by atoms with Crippen molar-refractivity contribution in [3.05, 3.63) is 53.3 Å². The van der Waals surface area contributed by atoms with Crippen molar-refractivity contribution in [2.75, 3.05) is 25.4 Å². The number of carbonyl (C=O) groups is 5. The Kier molecular flexibility index (Phi) is 7.62. The second-order valence-electron chi connectivity index (χ2n) is 8.98. The monoisotopic (exact) mass is 523 g/mol. The topological polar surface area (TPSA) is 192 Å². The number of hydrogen-bond acceptors (Lipinski definition) is 9. The first-order valence-corrected chi connectivity index (χ1v) is 12.0. The number of nitrogens with one attached hydrogen (secondary N) is 1. The van der Waals surface area contributed by atoms with Crippen LogP contribution in [-0.2, 0) is 20.8 Å². The van der Waals surface area contributed by atoms with Gasteiger partial charge in [0.1, 0.15) is 11.8 Å². The molecular weight excluding hydrogens is 497 g/mol. The van der Waals surface area contributed by atoms with Crippen LogP contribution in [0.1, 0.15) is 41.0 Å². The Morgan fingerprint density at radius 1 is 1.21 bits per heavy atom. The van der Waals surface area contributed by atoms with Crippen molar-refractivity contribution < 1.29 is 38.8 Å². The predicted molar refractivity (Wildman–Crippen MR) is 133 cm³/mol. The molecule has 4 rings (SSSR count). The molecule has 1 unspecified atom stereocenters. The minimum atomic E-state index is -1.48. The Balaban J connectivity index is 1.54. The summed E-state index contributed by atoms with van der Waals surface area (Å²) in [7, 11) is -1.48. The number of piperazine rings is 1. The van der Waals surface area contributed by atoms with Gasteiger partial charge in [-0.2, -0.15) is 0 Å². The minimum absolute atomic E-state index is 0.0376. The summed E-state index contributed by atoms with van der Waals surface area (Å²) in [5, 5.41) is 22.5. The molecule has 13 nitrogen and oxygen atoms in total. The van der Waals surface area contributed by atoms with Gasteiger partial charge in [0.2, 0.25) is 0 Å². The summed E-state index contributed by atoms with van der Waals surface area (Å²) in [6.07, 6.45) is 1.18. The SMILES string of the molecule is CCN1CCN(C(=O)NC(C(=O)C[C@H]2Cc3cccc(C(=O)O)c3OB2O)c2ccc(N)cn2)C(=O)C1=O. The molecule has 0 aliphatic carbocycles. The highest BCUT2D eigenvalue weighted by Gasteiger charge is 2.41. The molecule has 38 heavy (non-hydrogen) atoms. The van der Waals surface area contributed by atoms with E-state index in [9.17, 15) is 34.1 Å². The van der Waals surface area contributed by atoms with Crippen LogP contribution in [0.5, 0.6) is 5.75 Å². The van der Waals surface area contributed by atoms with Crippen LogP contribution in [0.4, 0.5) is 10.5 Å². The number of carboxylic acid groups (broad SMARTS) is 1. The molecule has 0 saturated carbocycles. The van der Waals surface area contributed by atoms with Crippen molar-refractivity contribution in [3.8, 4) is 5.75 Å². The highest BCUT2D eigenvalue weighted by molar-refractivity contribution is 6.47. The summed E-state index contributed by atoms with van der Waals surface area (Å²) >= 11 is 0. The van der Waals surface area contributed by atoms with Crippen molar-refractivity contribution >= 4 is 42.4 Å². The molecule has 14 heteroatoms. The van der Waals surface area contributed by atoms with E-state index in [2.05, 4.69) is 10.3 Å². The third-order valence-electron chi connectivity index (χ3n) is 6.54. The highest BCUT2D eigenvalue weighted by atomic mass is 16.5. The Morgan fingerprint density at radius 3 is 2.63 bits per heavy atom. The number of aromatic carboxylic acids is 1. The maximum atomic E-state index is 13.5. The fourth-order valence-corrected chi connectivity index (χ4v) is 4.48. The molecule has 2 aromatic rings. The molecule has 1 aromatic heterocycles. The number of carbonyl (C=O) groups excluding carboxylic acids is 4. The fraction of sp³-hybridized carbons (Fsp3) is 0.333. The second kappa shape index (κ2) is 10.9. The van der Waals surface area contributed by atoms with Crippen molar-refractivity contribution in [2.24, 2.45) is 0 Å². The van der Waals surface area contributed by atoms with Gasteiger partial charge in [-0.25, -0.2) is 9.59 Å². The van der Waals surface area contributed by atoms with Gasteiger partial charge in [0.25, 0.3) is 0 Å². The molecule has 1 fully saturated rings. The Labute approximate surface area is 217 Å². The lowest BCUT2D eigenvalue weighted by Gasteiger charge is -2.33. The first-order chi connectivity index (χ1) is 18.1. The van der Waals surface area contributed by atoms with E-state index in [0.29, 0.717) is 17.8 Å². The van der Waals surface area contributed by atoms with E-state index in [-0.39, 0.29) is 42.9 Å². The van der Waals surface area contributed by atoms with E-state index in [0.717, 1.165) is 4.90 Å². The summed E-state index contributed by atoms with van der Waals surface area (Å²) in [5.41, 5.74) is 6.58. The number of nitrogens with two attached hydrogens (primary N) is 1. The van der Waals surface area contributed by atoms with E-state index < -0.39 is 48.6 Å². The summed E-state index contributed by atoms with van der Waals surface area (Å²) in [6, 6.07) is 5.21. The van der Waals surface area contributed by atoms with Crippen LogP contribution in [0.2, 0.25) is 5.82 Å². The quantitative estimate of drug-likeness (QED) is 0.289. The first-order valence-electron chi connectivity index (χ1n) is 12.0. The molecule has 5 N–H and O–H groups in total. The number of aromatic nitrogens is 1. The average Bonchev–Trinajstić information content (AvgIpc) is 2.89. The van der Waals surface area contributed by atoms with Crippen LogP contribution >= 0.6 is 0 Å². The molecule has 0 bridgehead atoms. The van der Waals surface area contributed by atoms with Crippen molar-refractivity contribution in [1.29, 1.82) is 0 Å². The van der Waals surface area contributed by atoms with Gasteiger partial charge < -0.3 is 30.7 Å². The third kappa shape index (κ3) is 5.30. The van der Waals surface area contributed by atoms with E-state index in [1.165, 1.54) is 29.3 Å². The lowest BCUT2D eigenvalue weighted by molar-refractivity contribution is -0.153. The number of carboxylic acids is 1. The number of nitrogen functional groups attached to an aromatic ring is 1. The van der Waals surface area contributed by atoms with Crippen LogP contribution in [0.25, 0.3) is 0 Å². The Bertz CT molecular complexity index is 1290. The minimum Gasteiger partial charge on any atom is -0.535 e. The number of pyridine rings is 1. The van der Waals surface area contributed by atoms with Gasteiger partial charge in [0.15, 0.2) is 5.78 Å². The van der Waals surface area contributed by atoms with Crippen LogP contribution in [-0.4, -0.2) is 81.3 Å². The number of Topliss-reactive ketones (excluding diaryl/α,β-unsaturated/α-hetero) is 1. The maximum absolute atomic E-state index is 13.5.